The van der Waals surface area contributed by atoms with Crippen molar-refractivity contribution in [3.8, 4) is 0 Å². The molecule has 2 aliphatic heterocycles. The highest BCUT2D eigenvalue weighted by Crippen LogP contribution is 2.59. The van der Waals surface area contributed by atoms with E-state index in [4.69, 9.17) is 14.2 Å². The molecule has 0 aromatic heterocycles. The van der Waals surface area contributed by atoms with Crippen molar-refractivity contribution in [2.75, 3.05) is 6.61 Å². The number of carbonyl (C=O) groups excluding carboxylic acids is 3. The summed E-state index contributed by atoms with van der Waals surface area (Å²) >= 11 is 0. The van der Waals surface area contributed by atoms with Crippen LogP contribution in [0.3, 0.4) is 0 Å². The molecule has 4 atom stereocenters. The molecule has 1 fully saturated rings. The first kappa shape index (κ1) is 17.7. The molecule has 0 radical (unpaired) electrons. The van der Waals surface area contributed by atoms with Crippen LogP contribution in [0.25, 0.3) is 0 Å². The minimum absolute atomic E-state index is 0.0135. The lowest BCUT2D eigenvalue weighted by Gasteiger charge is -2.49. The molecule has 29 heavy (non-hydrogen) atoms. The molecule has 7 nitrogen and oxygen atoms in total. The topological polar surface area (TPSA) is 99.1 Å². The van der Waals surface area contributed by atoms with E-state index in [9.17, 15) is 19.5 Å². The molecule has 1 unspecified atom stereocenters. The average Bonchev–Trinajstić information content (AvgIpc) is 3.32. The zero-order valence-corrected chi connectivity index (χ0v) is 16.3. The normalized spacial score (nSPS) is 38.8. The summed E-state index contributed by atoms with van der Waals surface area (Å²) in [5, 5.41) is 11.4. The van der Waals surface area contributed by atoms with E-state index < -0.39 is 35.0 Å². The van der Waals surface area contributed by atoms with E-state index in [1.54, 1.807) is 26.0 Å². The van der Waals surface area contributed by atoms with Crippen molar-refractivity contribution in [2.45, 2.75) is 62.8 Å². The summed E-state index contributed by atoms with van der Waals surface area (Å²) in [6, 6.07) is 3.51. The monoisotopic (exact) mass is 396 g/mol. The van der Waals surface area contributed by atoms with Crippen molar-refractivity contribution in [3.63, 3.8) is 0 Å². The Labute approximate surface area is 166 Å². The van der Waals surface area contributed by atoms with Crippen LogP contribution in [0, 0.1) is 0 Å². The van der Waals surface area contributed by atoms with Gasteiger partial charge in [0, 0.05) is 28.7 Å². The molecule has 0 bridgehead atoms. The number of aliphatic hydroxyl groups is 1. The van der Waals surface area contributed by atoms with Crippen LogP contribution in [0.15, 0.2) is 23.3 Å². The predicted octanol–water partition coefficient (Wildman–Crippen LogP) is 1.39. The Morgan fingerprint density at radius 3 is 2.59 bits per heavy atom. The van der Waals surface area contributed by atoms with Gasteiger partial charge in [-0.3, -0.25) is 14.4 Å². The van der Waals surface area contributed by atoms with Crippen LogP contribution in [0.4, 0.5) is 0 Å². The van der Waals surface area contributed by atoms with Gasteiger partial charge >= 0.3 is 0 Å². The third-order valence-corrected chi connectivity index (χ3v) is 7.12. The maximum atomic E-state index is 13.5. The molecule has 5 aliphatic rings. The minimum Gasteiger partial charge on any atom is -0.356 e. The molecule has 0 amide bonds. The van der Waals surface area contributed by atoms with E-state index in [2.05, 4.69) is 0 Å². The van der Waals surface area contributed by atoms with Gasteiger partial charge < -0.3 is 19.3 Å². The number of fused-ring (bicyclic) bond motifs is 6. The Morgan fingerprint density at radius 1 is 1.07 bits per heavy atom. The van der Waals surface area contributed by atoms with Crippen LogP contribution in [-0.2, 0) is 30.8 Å². The van der Waals surface area contributed by atoms with Gasteiger partial charge in [-0.15, -0.1) is 0 Å². The number of ether oxygens (including phenoxy) is 3. The van der Waals surface area contributed by atoms with Gasteiger partial charge in [0.1, 0.15) is 6.10 Å². The minimum atomic E-state index is -2.23. The summed E-state index contributed by atoms with van der Waals surface area (Å²) in [4.78, 5) is 38.9. The molecule has 7 heteroatoms. The van der Waals surface area contributed by atoms with E-state index in [0.717, 1.165) is 0 Å². The van der Waals surface area contributed by atoms with E-state index in [1.165, 1.54) is 0 Å². The summed E-state index contributed by atoms with van der Waals surface area (Å²) < 4.78 is 17.7. The molecule has 3 aliphatic carbocycles. The molecule has 1 N–H and O–H groups in total. The molecule has 0 saturated carbocycles. The van der Waals surface area contributed by atoms with Gasteiger partial charge in [0.05, 0.1) is 12.0 Å². The van der Waals surface area contributed by atoms with Gasteiger partial charge in [-0.05, 0) is 38.3 Å². The quantitative estimate of drug-likeness (QED) is 0.707. The second kappa shape index (κ2) is 4.92. The first-order valence-electron chi connectivity index (χ1n) is 9.84. The average molecular weight is 396 g/mol. The number of carbonyl (C=O) groups is 3. The molecule has 1 saturated heterocycles. The third-order valence-electron chi connectivity index (χ3n) is 7.12. The van der Waals surface area contributed by atoms with Crippen LogP contribution in [0.1, 0.15) is 59.0 Å². The Bertz CT molecular complexity index is 1100. The first-order valence-corrected chi connectivity index (χ1v) is 9.84. The highest BCUT2D eigenvalue weighted by molar-refractivity contribution is 6.15. The van der Waals surface area contributed by atoms with Gasteiger partial charge in [-0.2, -0.15) is 0 Å². The van der Waals surface area contributed by atoms with Crippen LogP contribution >= 0.6 is 0 Å². The van der Waals surface area contributed by atoms with Crippen molar-refractivity contribution < 1.29 is 33.7 Å². The number of ketones is 3. The van der Waals surface area contributed by atoms with Crippen molar-refractivity contribution in [1.82, 2.24) is 0 Å². The lowest BCUT2D eigenvalue weighted by molar-refractivity contribution is -0.160. The largest absolute Gasteiger partial charge is 0.356 e. The Hall–Kier alpha value is -2.19. The highest BCUT2D eigenvalue weighted by Gasteiger charge is 2.70. The van der Waals surface area contributed by atoms with E-state index >= 15 is 0 Å². The van der Waals surface area contributed by atoms with E-state index in [0.29, 0.717) is 35.1 Å². The van der Waals surface area contributed by atoms with Gasteiger partial charge in [-0.25, -0.2) is 0 Å². The number of rotatable bonds is 0. The van der Waals surface area contributed by atoms with Crippen molar-refractivity contribution in [2.24, 2.45) is 0 Å². The zero-order valence-electron chi connectivity index (χ0n) is 16.3. The Kier molecular flexibility index (Phi) is 3.00. The second-order valence-electron chi connectivity index (χ2n) is 9.10. The van der Waals surface area contributed by atoms with Crippen molar-refractivity contribution >= 4 is 17.3 Å². The first-order chi connectivity index (χ1) is 13.6. The molecule has 1 aromatic carbocycles. The second-order valence-corrected chi connectivity index (χ2v) is 9.10. The molecule has 6 rings (SSSR count). The van der Waals surface area contributed by atoms with E-state index in [1.807, 2.05) is 6.92 Å². The SMILES string of the molecule is CC1(C)O[C@@H]2C(=O)C3=C4C(O)(OC3)C(=O)c3c(ccc5c3CCC5=O)[C@@]4(C)[C@@H]2O1. The Balaban J connectivity index is 1.71. The fraction of sp³-hybridized carbons (Fsp3) is 0.500. The fourth-order valence-corrected chi connectivity index (χ4v) is 5.94. The summed E-state index contributed by atoms with van der Waals surface area (Å²) in [6.45, 7) is 5.19. The predicted molar refractivity (Wildman–Crippen MR) is 97.5 cm³/mol. The number of Topliss-reactive ketones (excluding diaryl/α,β-unsaturated/α-hetero) is 3. The highest BCUT2D eigenvalue weighted by atomic mass is 16.8. The Morgan fingerprint density at radius 2 is 1.83 bits per heavy atom. The molecule has 2 heterocycles. The lowest BCUT2D eigenvalue weighted by Crippen LogP contribution is -2.61. The maximum absolute atomic E-state index is 13.5. The van der Waals surface area contributed by atoms with Gasteiger partial charge in [-0.1, -0.05) is 12.1 Å². The molecular weight excluding hydrogens is 376 g/mol. The van der Waals surface area contributed by atoms with Crippen molar-refractivity contribution in [3.05, 3.63) is 45.5 Å². The van der Waals surface area contributed by atoms with Crippen LogP contribution in [0.2, 0.25) is 0 Å². The van der Waals surface area contributed by atoms with Crippen molar-refractivity contribution in [1.29, 1.82) is 0 Å². The van der Waals surface area contributed by atoms with Crippen LogP contribution < -0.4 is 0 Å². The smallest absolute Gasteiger partial charge is 0.256 e. The number of hydrogen-bond acceptors (Lipinski definition) is 7. The molecule has 150 valence electrons. The van der Waals surface area contributed by atoms with Gasteiger partial charge in [0.25, 0.3) is 5.79 Å². The third kappa shape index (κ3) is 1.81. The number of hydrogen-bond donors (Lipinski definition) is 1. The summed E-state index contributed by atoms with van der Waals surface area (Å²) in [5.41, 5.74) is 1.69. The van der Waals surface area contributed by atoms with Crippen LogP contribution in [-0.4, -0.2) is 52.8 Å². The standard InChI is InChI=1S/C22H20O7/c1-20(2)28-16-15(24)11-8-27-22(26)17(11)21(3,19(16)29-20)12-6-4-9-10(5-7-13(9)23)14(12)18(22)25/h4,6,16,19,26H,5,7-8H2,1-3H3/t16-,19-,21-,22?/m1/s1. The fourth-order valence-electron chi connectivity index (χ4n) is 5.94. The maximum Gasteiger partial charge on any atom is 0.256 e. The zero-order chi connectivity index (χ0) is 20.5. The van der Waals surface area contributed by atoms with Gasteiger partial charge in [0.15, 0.2) is 23.5 Å². The lowest BCUT2D eigenvalue weighted by atomic mass is 9.56. The summed E-state index contributed by atoms with van der Waals surface area (Å²) in [6.07, 6.45) is -0.799. The molecular formula is C22H20O7. The van der Waals surface area contributed by atoms with Crippen LogP contribution in [0.5, 0.6) is 0 Å². The molecule has 1 aromatic rings. The van der Waals surface area contributed by atoms with Gasteiger partial charge in [0.2, 0.25) is 5.78 Å². The molecule has 0 spiro atoms. The summed E-state index contributed by atoms with van der Waals surface area (Å²) in [5.74, 6) is -4.14. The summed E-state index contributed by atoms with van der Waals surface area (Å²) in [7, 11) is 0. The van der Waals surface area contributed by atoms with E-state index in [-0.39, 0.29) is 29.3 Å². The number of benzene rings is 1.